The number of aliphatic hydroxyl groups is 1. The lowest BCUT2D eigenvalue weighted by molar-refractivity contribution is -0.383. The predicted octanol–water partition coefficient (Wildman–Crippen LogP) is 0.0332. The van der Waals surface area contributed by atoms with Crippen LogP contribution in [0.2, 0.25) is 0 Å². The van der Waals surface area contributed by atoms with E-state index in [0.717, 1.165) is 10.8 Å². The molecule has 0 aromatic carbocycles. The fraction of sp³-hybridized carbons (Fsp3) is 0.538. The fourth-order valence-electron chi connectivity index (χ4n) is 2.22. The molecule has 1 fully saturated rings. The van der Waals surface area contributed by atoms with Crippen LogP contribution in [-0.4, -0.2) is 39.3 Å². The molecule has 1 aliphatic rings. The number of rotatable bonds is 4. The van der Waals surface area contributed by atoms with Crippen molar-refractivity contribution in [3.63, 3.8) is 0 Å². The molecule has 2 heterocycles. The van der Waals surface area contributed by atoms with Gasteiger partial charge in [-0.05, 0) is 6.92 Å². The number of aromatic nitrogens is 2. The molecule has 0 radical (unpaired) electrons. The third kappa shape index (κ3) is 3.03. The zero-order valence-corrected chi connectivity index (χ0v) is 11.9. The first-order valence-electron chi connectivity index (χ1n) is 6.44. The molecule has 7 nitrogen and oxygen atoms in total. The number of aryl methyl sites for hydroxylation is 1. The average Bonchev–Trinajstić information content (AvgIpc) is 2.78. The minimum absolute atomic E-state index is 0.0846. The topological polar surface area (TPSA) is 93.6 Å². The van der Waals surface area contributed by atoms with Crippen LogP contribution in [0, 0.1) is 19.3 Å². The highest BCUT2D eigenvalue weighted by Crippen LogP contribution is 2.46. The van der Waals surface area contributed by atoms with Crippen molar-refractivity contribution in [1.82, 2.24) is 9.55 Å². The van der Waals surface area contributed by atoms with Crippen molar-refractivity contribution in [2.75, 3.05) is 6.61 Å². The van der Waals surface area contributed by atoms with Crippen molar-refractivity contribution in [1.29, 1.82) is 0 Å². The first kappa shape index (κ1) is 17.3. The number of aromatic amines is 1. The Balaban J connectivity index is 2.41. The first-order valence-corrected chi connectivity index (χ1v) is 6.44. The summed E-state index contributed by atoms with van der Waals surface area (Å²) < 4.78 is 50.9. The van der Waals surface area contributed by atoms with Gasteiger partial charge < -0.3 is 14.6 Å². The number of nitrogens with zero attached hydrogens (tertiary/aromatic N) is 1. The molecule has 2 N–H and O–H groups in total. The molecule has 1 saturated heterocycles. The molecule has 1 aromatic rings. The monoisotopic (exact) mass is 334 g/mol. The van der Waals surface area contributed by atoms with Gasteiger partial charge in [0.1, 0.15) is 18.9 Å². The molecule has 0 spiro atoms. The Morgan fingerprint density at radius 3 is 2.87 bits per heavy atom. The number of ether oxygens (including phenoxy) is 2. The molecule has 0 amide bonds. The van der Waals surface area contributed by atoms with Gasteiger partial charge >= 0.3 is 17.7 Å². The van der Waals surface area contributed by atoms with Gasteiger partial charge in [0.05, 0.1) is 0 Å². The van der Waals surface area contributed by atoms with E-state index in [1.54, 1.807) is 0 Å². The third-order valence-electron chi connectivity index (χ3n) is 3.37. The fourth-order valence-corrected chi connectivity index (χ4v) is 2.22. The van der Waals surface area contributed by atoms with Crippen LogP contribution in [0.4, 0.5) is 13.2 Å². The Kier molecular flexibility index (Phi) is 4.39. The number of hydrogen-bond donors (Lipinski definition) is 2. The highest BCUT2D eigenvalue weighted by atomic mass is 19.3. The first-order chi connectivity index (χ1) is 10.6. The van der Waals surface area contributed by atoms with Gasteiger partial charge in [0.25, 0.3) is 5.56 Å². The molecule has 2 rings (SSSR count). The molecular formula is C13H13F3N2O5. The van der Waals surface area contributed by atoms with Crippen molar-refractivity contribution in [3.8, 4) is 12.3 Å². The van der Waals surface area contributed by atoms with E-state index in [0.29, 0.717) is 0 Å². The average molecular weight is 334 g/mol. The summed E-state index contributed by atoms with van der Waals surface area (Å²) in [6, 6.07) is 0. The van der Waals surface area contributed by atoms with Crippen LogP contribution >= 0.6 is 0 Å². The lowest BCUT2D eigenvalue weighted by atomic mass is 10.1. The van der Waals surface area contributed by atoms with Crippen molar-refractivity contribution in [3.05, 3.63) is 32.6 Å². The second-order valence-electron chi connectivity index (χ2n) is 4.98. The number of alkyl halides is 3. The molecule has 23 heavy (non-hydrogen) atoms. The summed E-state index contributed by atoms with van der Waals surface area (Å²) in [6.07, 6.45) is -2.89. The van der Waals surface area contributed by atoms with E-state index in [-0.39, 0.29) is 5.56 Å². The molecule has 1 aliphatic heterocycles. The number of H-pyrrole nitrogens is 1. The zero-order valence-electron chi connectivity index (χ0n) is 11.9. The smallest absolute Gasteiger partial charge is 0.359 e. The number of halogens is 3. The molecule has 3 atom stereocenters. The summed E-state index contributed by atoms with van der Waals surface area (Å²) in [7, 11) is 0. The molecular weight excluding hydrogens is 321 g/mol. The third-order valence-corrected chi connectivity index (χ3v) is 3.37. The van der Waals surface area contributed by atoms with Crippen molar-refractivity contribution in [2.45, 2.75) is 37.6 Å². The molecule has 126 valence electrons. The Bertz CT molecular complexity index is 748. The summed E-state index contributed by atoms with van der Waals surface area (Å²) in [4.78, 5) is 25.0. The van der Waals surface area contributed by atoms with Crippen molar-refractivity contribution in [2.24, 2.45) is 0 Å². The van der Waals surface area contributed by atoms with Gasteiger partial charge in [-0.15, -0.1) is 6.42 Å². The van der Waals surface area contributed by atoms with Gasteiger partial charge in [0.2, 0.25) is 0 Å². The summed E-state index contributed by atoms with van der Waals surface area (Å²) in [5.41, 5.74) is -1.57. The second kappa shape index (κ2) is 5.84. The van der Waals surface area contributed by atoms with Crippen LogP contribution in [0.3, 0.4) is 0 Å². The van der Waals surface area contributed by atoms with Crippen LogP contribution in [0.5, 0.6) is 0 Å². The maximum atomic E-state index is 14.5. The highest BCUT2D eigenvalue weighted by molar-refractivity contribution is 5.03. The van der Waals surface area contributed by atoms with E-state index in [1.807, 2.05) is 10.9 Å². The van der Waals surface area contributed by atoms with Crippen LogP contribution < -0.4 is 11.2 Å². The van der Waals surface area contributed by atoms with E-state index in [4.69, 9.17) is 16.3 Å². The normalized spacial score (nSPS) is 27.8. The summed E-state index contributed by atoms with van der Waals surface area (Å²) in [5, 5.41) is 8.77. The number of terminal acetylenes is 1. The molecule has 10 heteroatoms. The Hall–Kier alpha value is -2.09. The number of nitrogens with one attached hydrogen (secondary N) is 1. The predicted molar refractivity (Wildman–Crippen MR) is 70.4 cm³/mol. The van der Waals surface area contributed by atoms with Crippen molar-refractivity contribution >= 4 is 0 Å². The summed E-state index contributed by atoms with van der Waals surface area (Å²) in [5.74, 6) is -1.91. The minimum Gasteiger partial charge on any atom is -0.359 e. The van der Waals surface area contributed by atoms with Crippen LogP contribution in [0.1, 0.15) is 18.2 Å². The van der Waals surface area contributed by atoms with E-state index in [2.05, 4.69) is 4.74 Å². The quantitative estimate of drug-likeness (QED) is 0.758. The maximum Gasteiger partial charge on any atom is 0.415 e. The van der Waals surface area contributed by atoms with E-state index in [9.17, 15) is 22.8 Å². The minimum atomic E-state index is -4.89. The second-order valence-corrected chi connectivity index (χ2v) is 4.98. The lowest BCUT2D eigenvalue weighted by Crippen LogP contribution is -2.52. The maximum absolute atomic E-state index is 14.5. The summed E-state index contributed by atoms with van der Waals surface area (Å²) in [6.45, 7) is 0.863. The van der Waals surface area contributed by atoms with Crippen molar-refractivity contribution < 1.29 is 27.8 Å². The molecule has 1 aromatic heterocycles. The van der Waals surface area contributed by atoms with E-state index >= 15 is 0 Å². The number of hydrogen-bond acceptors (Lipinski definition) is 5. The van der Waals surface area contributed by atoms with Gasteiger partial charge in [-0.1, -0.05) is 5.92 Å². The standard InChI is InChI=1S/C13H13F3N2O5/c1-3-4-22-8-5-9(23-12(8,14)13(15,16)21)18-6-7(2)10(19)17-11(18)20/h1,6,8-9,21H,4-5H2,2H3,(H,17,19,20)/t8-,9+,12-/m0/s1. The molecule has 0 bridgehead atoms. The Labute approximate surface area is 127 Å². The van der Waals surface area contributed by atoms with E-state index in [1.165, 1.54) is 6.92 Å². The van der Waals surface area contributed by atoms with Gasteiger partial charge in [-0.3, -0.25) is 14.3 Å². The highest BCUT2D eigenvalue weighted by Gasteiger charge is 2.67. The van der Waals surface area contributed by atoms with Crippen LogP contribution in [0.25, 0.3) is 0 Å². The van der Waals surface area contributed by atoms with E-state index < -0.39 is 48.6 Å². The Morgan fingerprint density at radius 2 is 2.30 bits per heavy atom. The largest absolute Gasteiger partial charge is 0.415 e. The molecule has 0 unspecified atom stereocenters. The van der Waals surface area contributed by atoms with Gasteiger partial charge in [-0.25, -0.2) is 4.79 Å². The lowest BCUT2D eigenvalue weighted by Gasteiger charge is -2.29. The van der Waals surface area contributed by atoms with Gasteiger partial charge in [0, 0.05) is 18.2 Å². The molecule has 0 saturated carbocycles. The molecule has 0 aliphatic carbocycles. The van der Waals surface area contributed by atoms with Gasteiger partial charge in [0.15, 0.2) is 0 Å². The summed E-state index contributed by atoms with van der Waals surface area (Å²) >= 11 is 0. The SMILES string of the molecule is C#CCO[C@H]1C[C@H](n2cc(C)c(=O)[nH]c2=O)O[C@]1(F)C(O)(F)F. The van der Waals surface area contributed by atoms with Crippen LogP contribution in [-0.2, 0) is 9.47 Å². The Morgan fingerprint density at radius 1 is 1.65 bits per heavy atom. The zero-order chi connectivity index (χ0) is 17.4. The van der Waals surface area contributed by atoms with Gasteiger partial charge in [-0.2, -0.15) is 13.2 Å². The van der Waals surface area contributed by atoms with Crippen LogP contribution in [0.15, 0.2) is 15.8 Å².